The lowest BCUT2D eigenvalue weighted by Crippen LogP contribution is -2.21. The normalized spacial score (nSPS) is 18.1. The summed E-state index contributed by atoms with van der Waals surface area (Å²) in [5.74, 6) is -0.356. The Morgan fingerprint density at radius 2 is 1.73 bits per heavy atom. The number of hydrogen-bond donors (Lipinski definition) is 2. The van der Waals surface area contributed by atoms with Crippen molar-refractivity contribution >= 4 is 34.8 Å². The van der Waals surface area contributed by atoms with Crippen LogP contribution in [0.1, 0.15) is 18.9 Å². The number of aryl methyl sites for hydroxylation is 1. The first kappa shape index (κ1) is 18.3. The van der Waals surface area contributed by atoms with Crippen molar-refractivity contribution < 1.29 is 14.3 Å². The Labute approximate surface area is 157 Å². The van der Waals surface area contributed by atoms with E-state index in [2.05, 4.69) is 10.6 Å². The average Bonchev–Trinajstić information content (AvgIpc) is 3.41. The number of carbonyl (C=O) groups is 2. The highest BCUT2D eigenvalue weighted by atomic mass is 35.5. The Bertz CT molecular complexity index is 838. The molecule has 1 aliphatic rings. The van der Waals surface area contributed by atoms with Crippen LogP contribution in [-0.2, 0) is 9.59 Å². The molecule has 2 aromatic rings. The summed E-state index contributed by atoms with van der Waals surface area (Å²) in [5, 5.41) is 6.29. The summed E-state index contributed by atoms with van der Waals surface area (Å²) in [6.07, 6.45) is 0.536. The second kappa shape index (κ2) is 7.79. The van der Waals surface area contributed by atoms with Gasteiger partial charge < -0.3 is 15.4 Å². The molecule has 0 saturated heterocycles. The number of carbonyl (C=O) groups excluding carboxylic acids is 2. The van der Waals surface area contributed by atoms with Crippen LogP contribution in [0.25, 0.3) is 0 Å². The van der Waals surface area contributed by atoms with Crippen LogP contribution in [0, 0.1) is 18.8 Å². The zero-order valence-electron chi connectivity index (χ0n) is 14.7. The minimum Gasteiger partial charge on any atom is -0.492 e. The predicted molar refractivity (Wildman–Crippen MR) is 103 cm³/mol. The minimum absolute atomic E-state index is 0.159. The molecule has 2 amide bonds. The number of ether oxygens (including phenoxy) is 1. The number of hydrogen-bond acceptors (Lipinski definition) is 3. The summed E-state index contributed by atoms with van der Waals surface area (Å²) in [5.41, 5.74) is 2.22. The fourth-order valence-electron chi connectivity index (χ4n) is 2.81. The van der Waals surface area contributed by atoms with Gasteiger partial charge in [0.2, 0.25) is 11.8 Å². The van der Waals surface area contributed by atoms with E-state index in [-0.39, 0.29) is 23.7 Å². The lowest BCUT2D eigenvalue weighted by Gasteiger charge is -2.11. The van der Waals surface area contributed by atoms with Crippen LogP contribution in [0.5, 0.6) is 5.75 Å². The van der Waals surface area contributed by atoms with Gasteiger partial charge in [-0.2, -0.15) is 0 Å². The molecule has 136 valence electrons. The molecule has 3 rings (SSSR count). The van der Waals surface area contributed by atoms with Crippen molar-refractivity contribution in [3.8, 4) is 5.75 Å². The van der Waals surface area contributed by atoms with Crippen LogP contribution >= 0.6 is 11.6 Å². The molecular formula is C20H21ClN2O3. The number of para-hydroxylation sites is 2. The summed E-state index contributed by atoms with van der Waals surface area (Å²) < 4.78 is 5.51. The Morgan fingerprint density at radius 3 is 2.42 bits per heavy atom. The predicted octanol–water partition coefficient (Wildman–Crippen LogP) is 4.26. The zero-order valence-corrected chi connectivity index (χ0v) is 15.5. The van der Waals surface area contributed by atoms with Crippen LogP contribution in [-0.4, -0.2) is 18.4 Å². The zero-order chi connectivity index (χ0) is 18.7. The van der Waals surface area contributed by atoms with Crippen molar-refractivity contribution in [3.63, 3.8) is 0 Å². The maximum atomic E-state index is 12.5. The smallest absolute Gasteiger partial charge is 0.228 e. The van der Waals surface area contributed by atoms with E-state index >= 15 is 0 Å². The highest BCUT2D eigenvalue weighted by Gasteiger charge is 2.48. The Kier molecular flexibility index (Phi) is 5.47. The largest absolute Gasteiger partial charge is 0.492 e. The summed E-state index contributed by atoms with van der Waals surface area (Å²) in [4.78, 5) is 24.9. The molecule has 0 bridgehead atoms. The number of nitrogens with one attached hydrogen (secondary N) is 2. The molecule has 2 atom stereocenters. The first-order valence-corrected chi connectivity index (χ1v) is 8.97. The molecule has 0 spiro atoms. The highest BCUT2D eigenvalue weighted by molar-refractivity contribution is 6.31. The molecule has 0 aromatic heterocycles. The molecule has 5 nitrogen and oxygen atoms in total. The van der Waals surface area contributed by atoms with Crippen LogP contribution in [0.3, 0.4) is 0 Å². The molecule has 2 unspecified atom stereocenters. The van der Waals surface area contributed by atoms with Gasteiger partial charge in [-0.3, -0.25) is 9.59 Å². The quantitative estimate of drug-likeness (QED) is 0.796. The number of anilines is 2. The molecule has 1 aliphatic carbocycles. The lowest BCUT2D eigenvalue weighted by molar-refractivity contribution is -0.122. The fraction of sp³-hybridized carbons (Fsp3) is 0.300. The molecule has 2 aromatic carbocycles. The first-order chi connectivity index (χ1) is 12.5. The monoisotopic (exact) mass is 372 g/mol. The van der Waals surface area contributed by atoms with Gasteiger partial charge in [0.1, 0.15) is 5.75 Å². The molecule has 0 radical (unpaired) electrons. The number of rotatable bonds is 6. The topological polar surface area (TPSA) is 67.4 Å². The minimum atomic E-state index is -0.329. The summed E-state index contributed by atoms with van der Waals surface area (Å²) >= 11 is 5.98. The third kappa shape index (κ3) is 4.17. The SMILES string of the molecule is CCOc1ccccc1NC(=O)C1CC1C(=O)Nc1cc(Cl)ccc1C. The van der Waals surface area contributed by atoms with Gasteiger partial charge in [0.15, 0.2) is 0 Å². The maximum absolute atomic E-state index is 12.5. The van der Waals surface area contributed by atoms with Crippen molar-refractivity contribution in [1.82, 2.24) is 0 Å². The van der Waals surface area contributed by atoms with Crippen LogP contribution in [0.15, 0.2) is 42.5 Å². The highest BCUT2D eigenvalue weighted by Crippen LogP contribution is 2.41. The average molecular weight is 373 g/mol. The van der Waals surface area contributed by atoms with Crippen molar-refractivity contribution in [3.05, 3.63) is 53.1 Å². The Hall–Kier alpha value is -2.53. The van der Waals surface area contributed by atoms with E-state index in [1.807, 2.05) is 32.0 Å². The van der Waals surface area contributed by atoms with Gasteiger partial charge in [-0.25, -0.2) is 0 Å². The fourth-order valence-corrected chi connectivity index (χ4v) is 2.98. The number of halogens is 1. The van der Waals surface area contributed by atoms with Gasteiger partial charge in [0, 0.05) is 10.7 Å². The van der Waals surface area contributed by atoms with Crippen LogP contribution in [0.2, 0.25) is 5.02 Å². The number of benzene rings is 2. The molecule has 1 fully saturated rings. The van der Waals surface area contributed by atoms with Gasteiger partial charge in [-0.1, -0.05) is 29.8 Å². The van der Waals surface area contributed by atoms with E-state index in [4.69, 9.17) is 16.3 Å². The van der Waals surface area contributed by atoms with Gasteiger partial charge in [0.25, 0.3) is 0 Å². The van der Waals surface area contributed by atoms with E-state index in [9.17, 15) is 9.59 Å². The van der Waals surface area contributed by atoms with Gasteiger partial charge >= 0.3 is 0 Å². The van der Waals surface area contributed by atoms with Crippen LogP contribution < -0.4 is 15.4 Å². The van der Waals surface area contributed by atoms with E-state index in [1.165, 1.54) is 0 Å². The molecule has 2 N–H and O–H groups in total. The summed E-state index contributed by atoms with van der Waals surface area (Å²) in [6, 6.07) is 12.6. The molecule has 0 aliphatic heterocycles. The van der Waals surface area contributed by atoms with Crippen molar-refractivity contribution in [2.24, 2.45) is 11.8 Å². The standard InChI is InChI=1S/C20H21ClN2O3/c1-3-26-18-7-5-4-6-16(18)22-19(24)14-11-15(14)20(25)23-17-10-13(21)9-8-12(17)2/h4-10,14-15H,3,11H2,1-2H3,(H,22,24)(H,23,25). The third-order valence-corrected chi connectivity index (χ3v) is 4.60. The maximum Gasteiger partial charge on any atom is 0.228 e. The van der Waals surface area contributed by atoms with E-state index in [1.54, 1.807) is 24.3 Å². The van der Waals surface area contributed by atoms with E-state index < -0.39 is 0 Å². The Balaban J connectivity index is 1.60. The third-order valence-electron chi connectivity index (χ3n) is 4.37. The first-order valence-electron chi connectivity index (χ1n) is 8.59. The van der Waals surface area contributed by atoms with Crippen molar-refractivity contribution in [2.45, 2.75) is 20.3 Å². The molecular weight excluding hydrogens is 352 g/mol. The van der Waals surface area contributed by atoms with Gasteiger partial charge in [0.05, 0.1) is 24.1 Å². The second-order valence-corrected chi connectivity index (χ2v) is 6.75. The molecule has 6 heteroatoms. The van der Waals surface area contributed by atoms with E-state index in [0.717, 1.165) is 5.56 Å². The molecule has 26 heavy (non-hydrogen) atoms. The lowest BCUT2D eigenvalue weighted by atomic mass is 10.2. The molecule has 1 saturated carbocycles. The van der Waals surface area contributed by atoms with Gasteiger partial charge in [-0.15, -0.1) is 0 Å². The molecule has 0 heterocycles. The Morgan fingerprint density at radius 1 is 1.08 bits per heavy atom. The van der Waals surface area contributed by atoms with Crippen LogP contribution in [0.4, 0.5) is 11.4 Å². The summed E-state index contributed by atoms with van der Waals surface area (Å²) in [7, 11) is 0. The summed E-state index contributed by atoms with van der Waals surface area (Å²) in [6.45, 7) is 4.30. The van der Waals surface area contributed by atoms with Crippen molar-refractivity contribution in [1.29, 1.82) is 0 Å². The van der Waals surface area contributed by atoms with E-state index in [0.29, 0.717) is 35.2 Å². The van der Waals surface area contributed by atoms with Crippen molar-refractivity contribution in [2.75, 3.05) is 17.2 Å². The second-order valence-electron chi connectivity index (χ2n) is 6.32. The van der Waals surface area contributed by atoms with Gasteiger partial charge in [-0.05, 0) is 50.1 Å². The number of amides is 2.